The van der Waals surface area contributed by atoms with Crippen molar-refractivity contribution in [3.05, 3.63) is 18.3 Å². The normalized spacial score (nSPS) is 31.2. The Balaban J connectivity index is 1.73. The van der Waals surface area contributed by atoms with Crippen molar-refractivity contribution in [1.29, 1.82) is 0 Å². The van der Waals surface area contributed by atoms with E-state index in [1.807, 2.05) is 12.1 Å². The van der Waals surface area contributed by atoms with Crippen LogP contribution in [0.3, 0.4) is 0 Å². The first kappa shape index (κ1) is 10.8. The van der Waals surface area contributed by atoms with Crippen LogP contribution in [0.1, 0.15) is 12.8 Å². The quantitative estimate of drug-likeness (QED) is 0.860. The fourth-order valence-electron chi connectivity index (χ4n) is 3.00. The predicted octanol–water partition coefficient (Wildman–Crippen LogP) is 1.60. The van der Waals surface area contributed by atoms with E-state index in [1.54, 1.807) is 13.3 Å². The van der Waals surface area contributed by atoms with Crippen molar-refractivity contribution in [3.8, 4) is 5.88 Å². The highest BCUT2D eigenvalue weighted by Crippen LogP contribution is 2.31. The van der Waals surface area contributed by atoms with Gasteiger partial charge < -0.3 is 15.0 Å². The van der Waals surface area contributed by atoms with Gasteiger partial charge in [-0.05, 0) is 37.4 Å². The lowest BCUT2D eigenvalue weighted by Gasteiger charge is -2.31. The molecule has 3 rings (SSSR count). The first-order chi connectivity index (χ1) is 8.36. The first-order valence-electron chi connectivity index (χ1n) is 6.34. The van der Waals surface area contributed by atoms with Crippen molar-refractivity contribution in [3.63, 3.8) is 0 Å². The number of pyridine rings is 1. The number of methoxy groups -OCH3 is 1. The Labute approximate surface area is 102 Å². The second-order valence-corrected chi connectivity index (χ2v) is 4.95. The molecule has 2 bridgehead atoms. The first-order valence-corrected chi connectivity index (χ1v) is 6.34. The van der Waals surface area contributed by atoms with Gasteiger partial charge in [0, 0.05) is 25.3 Å². The lowest BCUT2D eigenvalue weighted by atomic mass is 9.94. The minimum atomic E-state index is 0.576. The van der Waals surface area contributed by atoms with Crippen LogP contribution in [0.5, 0.6) is 5.88 Å². The van der Waals surface area contributed by atoms with Gasteiger partial charge >= 0.3 is 0 Å². The van der Waals surface area contributed by atoms with E-state index in [0.717, 1.165) is 11.6 Å². The Kier molecular flexibility index (Phi) is 2.89. The molecule has 17 heavy (non-hydrogen) atoms. The molecular weight excluding hydrogens is 214 g/mol. The summed E-state index contributed by atoms with van der Waals surface area (Å²) in [4.78, 5) is 6.79. The summed E-state index contributed by atoms with van der Waals surface area (Å²) in [7, 11) is 1.67. The lowest BCUT2D eigenvalue weighted by Crippen LogP contribution is -2.39. The Morgan fingerprint density at radius 2 is 2.29 bits per heavy atom. The molecule has 2 fully saturated rings. The standard InChI is InChI=1S/C13H19N3O/c1-17-13-12(3-2-6-14-13)15-11-5-8-16-7-4-10(11)9-16/h2-3,6,10-11,15H,4-5,7-9H2,1H3. The average molecular weight is 233 g/mol. The van der Waals surface area contributed by atoms with E-state index in [1.165, 1.54) is 32.5 Å². The molecule has 3 heterocycles. The van der Waals surface area contributed by atoms with E-state index in [2.05, 4.69) is 15.2 Å². The minimum absolute atomic E-state index is 0.576. The third kappa shape index (κ3) is 2.09. The van der Waals surface area contributed by atoms with E-state index < -0.39 is 0 Å². The Morgan fingerprint density at radius 3 is 3.18 bits per heavy atom. The number of ether oxygens (including phenoxy) is 1. The van der Waals surface area contributed by atoms with Gasteiger partial charge in [-0.15, -0.1) is 0 Å². The highest BCUT2D eigenvalue weighted by molar-refractivity contribution is 5.52. The van der Waals surface area contributed by atoms with E-state index >= 15 is 0 Å². The molecule has 2 aliphatic rings. The van der Waals surface area contributed by atoms with Crippen LogP contribution in [0.15, 0.2) is 18.3 Å². The zero-order valence-electron chi connectivity index (χ0n) is 10.2. The van der Waals surface area contributed by atoms with Crippen LogP contribution in [-0.2, 0) is 0 Å². The van der Waals surface area contributed by atoms with E-state index in [9.17, 15) is 0 Å². The molecule has 0 amide bonds. The maximum atomic E-state index is 5.28. The number of piperidine rings is 1. The molecule has 92 valence electrons. The SMILES string of the molecule is COc1ncccc1NC1CCN2CCC1C2. The second kappa shape index (κ2) is 4.53. The summed E-state index contributed by atoms with van der Waals surface area (Å²) in [6, 6.07) is 4.58. The number of hydrogen-bond donors (Lipinski definition) is 1. The maximum absolute atomic E-state index is 5.28. The summed E-state index contributed by atoms with van der Waals surface area (Å²) in [6.07, 6.45) is 4.31. The van der Waals surface area contributed by atoms with Crippen molar-refractivity contribution in [2.75, 3.05) is 32.1 Å². The van der Waals surface area contributed by atoms with Gasteiger partial charge in [-0.25, -0.2) is 4.98 Å². The van der Waals surface area contributed by atoms with Crippen molar-refractivity contribution in [2.24, 2.45) is 5.92 Å². The molecule has 0 radical (unpaired) electrons. The molecule has 2 aliphatic heterocycles. The Bertz CT molecular complexity index is 396. The van der Waals surface area contributed by atoms with E-state index in [-0.39, 0.29) is 0 Å². The molecule has 0 spiro atoms. The third-order valence-corrected chi connectivity index (χ3v) is 3.94. The van der Waals surface area contributed by atoms with Gasteiger partial charge in [-0.2, -0.15) is 0 Å². The molecule has 0 aromatic carbocycles. The number of nitrogens with one attached hydrogen (secondary N) is 1. The summed E-state index contributed by atoms with van der Waals surface area (Å²) in [6.45, 7) is 3.74. The summed E-state index contributed by atoms with van der Waals surface area (Å²) in [5.41, 5.74) is 1.03. The zero-order valence-corrected chi connectivity index (χ0v) is 10.2. The van der Waals surface area contributed by atoms with Crippen LogP contribution in [0.2, 0.25) is 0 Å². The van der Waals surface area contributed by atoms with Gasteiger partial charge in [-0.3, -0.25) is 0 Å². The van der Waals surface area contributed by atoms with Crippen LogP contribution in [0, 0.1) is 5.92 Å². The monoisotopic (exact) mass is 233 g/mol. The van der Waals surface area contributed by atoms with Crippen LogP contribution in [-0.4, -0.2) is 42.7 Å². The number of aromatic nitrogens is 1. The molecule has 2 saturated heterocycles. The topological polar surface area (TPSA) is 37.4 Å². The van der Waals surface area contributed by atoms with Crippen LogP contribution in [0.25, 0.3) is 0 Å². The molecule has 4 heteroatoms. The molecule has 1 aromatic rings. The number of rotatable bonds is 3. The number of nitrogens with zero attached hydrogens (tertiary/aromatic N) is 2. The molecule has 3 unspecified atom stereocenters. The van der Waals surface area contributed by atoms with Gasteiger partial charge in [0.25, 0.3) is 0 Å². The van der Waals surface area contributed by atoms with Gasteiger partial charge in [-0.1, -0.05) is 0 Å². The maximum Gasteiger partial charge on any atom is 0.237 e. The summed E-state index contributed by atoms with van der Waals surface area (Å²) >= 11 is 0. The minimum Gasteiger partial charge on any atom is -0.480 e. The molecule has 0 saturated carbocycles. The van der Waals surface area contributed by atoms with Gasteiger partial charge in [0.05, 0.1) is 12.8 Å². The third-order valence-electron chi connectivity index (χ3n) is 3.94. The van der Waals surface area contributed by atoms with E-state index in [0.29, 0.717) is 11.9 Å². The number of anilines is 1. The molecule has 1 N–H and O–H groups in total. The molecule has 4 nitrogen and oxygen atoms in total. The van der Waals surface area contributed by atoms with Crippen LogP contribution in [0.4, 0.5) is 5.69 Å². The lowest BCUT2D eigenvalue weighted by molar-refractivity contribution is 0.254. The average Bonchev–Trinajstić information content (AvgIpc) is 2.76. The van der Waals surface area contributed by atoms with E-state index in [4.69, 9.17) is 4.74 Å². The number of fused-ring (bicyclic) bond motifs is 2. The molecule has 1 aromatic heterocycles. The highest BCUT2D eigenvalue weighted by atomic mass is 16.5. The molecular formula is C13H19N3O. The van der Waals surface area contributed by atoms with Crippen molar-refractivity contribution in [2.45, 2.75) is 18.9 Å². The van der Waals surface area contributed by atoms with Crippen LogP contribution < -0.4 is 10.1 Å². The highest BCUT2D eigenvalue weighted by Gasteiger charge is 2.34. The van der Waals surface area contributed by atoms with Crippen molar-refractivity contribution < 1.29 is 4.74 Å². The second-order valence-electron chi connectivity index (χ2n) is 4.95. The van der Waals surface area contributed by atoms with Crippen molar-refractivity contribution in [1.82, 2.24) is 9.88 Å². The Morgan fingerprint density at radius 1 is 1.41 bits per heavy atom. The summed E-state index contributed by atoms with van der Waals surface area (Å²) < 4.78 is 5.28. The van der Waals surface area contributed by atoms with Gasteiger partial charge in [0.2, 0.25) is 5.88 Å². The van der Waals surface area contributed by atoms with Crippen molar-refractivity contribution >= 4 is 5.69 Å². The van der Waals surface area contributed by atoms with Gasteiger partial charge in [0.1, 0.15) is 0 Å². The van der Waals surface area contributed by atoms with Gasteiger partial charge in [0.15, 0.2) is 0 Å². The summed E-state index contributed by atoms with van der Waals surface area (Å²) in [5, 5.41) is 3.61. The fourth-order valence-corrected chi connectivity index (χ4v) is 3.00. The summed E-state index contributed by atoms with van der Waals surface area (Å²) in [5.74, 6) is 1.49. The molecule has 3 atom stereocenters. The fraction of sp³-hybridized carbons (Fsp3) is 0.615. The predicted molar refractivity (Wildman–Crippen MR) is 67.4 cm³/mol. The van der Waals surface area contributed by atoms with Crippen LogP contribution >= 0.6 is 0 Å². The zero-order chi connectivity index (χ0) is 11.7. The molecule has 0 aliphatic carbocycles. The largest absolute Gasteiger partial charge is 0.480 e. The smallest absolute Gasteiger partial charge is 0.237 e. The Hall–Kier alpha value is -1.29. The number of hydrogen-bond acceptors (Lipinski definition) is 4.